The van der Waals surface area contributed by atoms with Crippen molar-refractivity contribution in [3.63, 3.8) is 0 Å². The molecule has 10 heteroatoms. The summed E-state index contributed by atoms with van der Waals surface area (Å²) in [7, 11) is 1.28. The molecule has 2 aliphatic carbocycles. The third-order valence-electron chi connectivity index (χ3n) is 6.34. The van der Waals surface area contributed by atoms with Gasteiger partial charge in [-0.2, -0.15) is 8.78 Å². The summed E-state index contributed by atoms with van der Waals surface area (Å²) in [6.45, 7) is -0.759. The van der Waals surface area contributed by atoms with Crippen molar-refractivity contribution in [2.45, 2.75) is 45.3 Å². The summed E-state index contributed by atoms with van der Waals surface area (Å²) in [6.07, 6.45) is 5.41. The highest BCUT2D eigenvalue weighted by atomic mass is 19.3. The summed E-state index contributed by atoms with van der Waals surface area (Å²) in [5.41, 5.74) is 1.94. The SMILES string of the molecule is CCOc1cc(C(CC(=O)OC)N2C=C3C(NC(=O)C4CC4)=CCC(=O)C3C2)ccc1OC(F)F. The van der Waals surface area contributed by atoms with Crippen molar-refractivity contribution in [3.8, 4) is 11.5 Å². The molecule has 35 heavy (non-hydrogen) atoms. The second kappa shape index (κ2) is 10.5. The number of alkyl halides is 2. The van der Waals surface area contributed by atoms with Crippen LogP contribution in [0.25, 0.3) is 0 Å². The van der Waals surface area contributed by atoms with Gasteiger partial charge in [-0.3, -0.25) is 14.4 Å². The summed E-state index contributed by atoms with van der Waals surface area (Å²) < 4.78 is 40.6. The molecule has 0 aromatic heterocycles. The maximum atomic E-state index is 12.8. The van der Waals surface area contributed by atoms with E-state index in [1.165, 1.54) is 13.2 Å². The van der Waals surface area contributed by atoms with Gasteiger partial charge in [-0.05, 0) is 37.5 Å². The molecule has 1 fully saturated rings. The monoisotopic (exact) mass is 490 g/mol. The van der Waals surface area contributed by atoms with Crippen LogP contribution in [-0.2, 0) is 19.1 Å². The van der Waals surface area contributed by atoms with Gasteiger partial charge in [-0.25, -0.2) is 0 Å². The summed E-state index contributed by atoms with van der Waals surface area (Å²) in [4.78, 5) is 39.2. The minimum absolute atomic E-state index is 0.0168. The topological polar surface area (TPSA) is 94.2 Å². The molecular formula is C25H28F2N2O6. The van der Waals surface area contributed by atoms with Crippen LogP contribution in [-0.4, -0.2) is 49.4 Å². The van der Waals surface area contributed by atoms with Gasteiger partial charge in [0.1, 0.15) is 5.78 Å². The number of carbonyl (C=O) groups excluding carboxylic acids is 3. The Kier molecular flexibility index (Phi) is 7.37. The molecule has 0 saturated heterocycles. The van der Waals surface area contributed by atoms with Crippen LogP contribution in [0.1, 0.15) is 44.2 Å². The van der Waals surface area contributed by atoms with E-state index < -0.39 is 24.5 Å². The van der Waals surface area contributed by atoms with Gasteiger partial charge in [0.25, 0.3) is 0 Å². The van der Waals surface area contributed by atoms with Crippen LogP contribution in [0, 0.1) is 11.8 Å². The number of fused-ring (bicyclic) bond motifs is 1. The Morgan fingerprint density at radius 1 is 1.23 bits per heavy atom. The third kappa shape index (κ3) is 5.63. The molecule has 0 radical (unpaired) electrons. The summed E-state index contributed by atoms with van der Waals surface area (Å²) in [6, 6.07) is 3.96. The Morgan fingerprint density at radius 2 is 2.00 bits per heavy atom. The number of allylic oxidation sites excluding steroid dienone is 2. The van der Waals surface area contributed by atoms with Crippen LogP contribution in [0.5, 0.6) is 11.5 Å². The van der Waals surface area contributed by atoms with Crippen molar-refractivity contribution in [1.82, 2.24) is 10.2 Å². The molecule has 2 atom stereocenters. The zero-order valence-electron chi connectivity index (χ0n) is 19.6. The molecular weight excluding hydrogens is 462 g/mol. The van der Waals surface area contributed by atoms with E-state index in [0.717, 1.165) is 12.8 Å². The van der Waals surface area contributed by atoms with Gasteiger partial charge < -0.3 is 24.4 Å². The number of methoxy groups -OCH3 is 1. The van der Waals surface area contributed by atoms with E-state index in [1.807, 2.05) is 4.90 Å². The minimum Gasteiger partial charge on any atom is -0.490 e. The van der Waals surface area contributed by atoms with Gasteiger partial charge in [0.15, 0.2) is 11.5 Å². The highest BCUT2D eigenvalue weighted by molar-refractivity contribution is 5.91. The minimum atomic E-state index is -3.01. The van der Waals surface area contributed by atoms with Crippen molar-refractivity contribution >= 4 is 17.7 Å². The molecule has 1 aromatic carbocycles. The first-order valence-corrected chi connectivity index (χ1v) is 11.6. The lowest BCUT2D eigenvalue weighted by Crippen LogP contribution is -2.33. The first-order chi connectivity index (χ1) is 16.8. The molecule has 0 spiro atoms. The molecule has 3 aliphatic rings. The zero-order valence-corrected chi connectivity index (χ0v) is 19.6. The number of hydrogen-bond donors (Lipinski definition) is 1. The largest absolute Gasteiger partial charge is 0.490 e. The second-order valence-electron chi connectivity index (χ2n) is 8.70. The molecule has 0 bridgehead atoms. The molecule has 2 unspecified atom stereocenters. The van der Waals surface area contributed by atoms with Crippen molar-refractivity contribution in [2.75, 3.05) is 20.3 Å². The van der Waals surface area contributed by atoms with Crippen LogP contribution in [0.2, 0.25) is 0 Å². The summed E-state index contributed by atoms with van der Waals surface area (Å²) >= 11 is 0. The molecule has 1 amide bonds. The van der Waals surface area contributed by atoms with E-state index in [0.29, 0.717) is 23.4 Å². The molecule has 1 aromatic rings. The number of ketones is 1. The average molecular weight is 491 g/mol. The first-order valence-electron chi connectivity index (χ1n) is 11.6. The second-order valence-corrected chi connectivity index (χ2v) is 8.70. The molecule has 1 heterocycles. The van der Waals surface area contributed by atoms with Crippen molar-refractivity contribution < 1.29 is 37.4 Å². The van der Waals surface area contributed by atoms with Gasteiger partial charge in [0, 0.05) is 36.4 Å². The lowest BCUT2D eigenvalue weighted by atomic mass is 9.87. The predicted octanol–water partition coefficient (Wildman–Crippen LogP) is 3.49. The van der Waals surface area contributed by atoms with E-state index in [2.05, 4.69) is 10.1 Å². The number of Topliss-reactive ketones (excluding diaryl/α,β-unsaturated/α-hetero) is 1. The number of esters is 1. The van der Waals surface area contributed by atoms with E-state index in [9.17, 15) is 23.2 Å². The van der Waals surface area contributed by atoms with Crippen LogP contribution >= 0.6 is 0 Å². The standard InChI is InChI=1S/C25H28F2N2O6/c1-3-34-22-10-15(6-9-21(22)35-25(26)27)19(11-23(31)33-2)29-12-16-17(13-29)20(30)8-7-18(16)28-24(32)14-4-5-14/h6-7,9-10,12,14,17,19,25H,3-5,8,11,13H2,1-2H3,(H,28,32). The highest BCUT2D eigenvalue weighted by Gasteiger charge is 2.39. The van der Waals surface area contributed by atoms with E-state index >= 15 is 0 Å². The van der Waals surface area contributed by atoms with E-state index in [-0.39, 0.29) is 48.6 Å². The Balaban J connectivity index is 1.65. The zero-order chi connectivity index (χ0) is 25.1. The number of ether oxygens (including phenoxy) is 3. The lowest BCUT2D eigenvalue weighted by Gasteiger charge is -2.29. The van der Waals surface area contributed by atoms with E-state index in [4.69, 9.17) is 9.47 Å². The molecule has 8 nitrogen and oxygen atoms in total. The van der Waals surface area contributed by atoms with Gasteiger partial charge >= 0.3 is 12.6 Å². The van der Waals surface area contributed by atoms with Crippen LogP contribution in [0.3, 0.4) is 0 Å². The number of amides is 1. The summed E-state index contributed by atoms with van der Waals surface area (Å²) in [5, 5.41) is 2.95. The lowest BCUT2D eigenvalue weighted by molar-refractivity contribution is -0.141. The van der Waals surface area contributed by atoms with Gasteiger partial charge in [0.05, 0.1) is 32.1 Å². The fourth-order valence-electron chi connectivity index (χ4n) is 4.41. The summed E-state index contributed by atoms with van der Waals surface area (Å²) in [5.74, 6) is -0.915. The predicted molar refractivity (Wildman–Crippen MR) is 120 cm³/mol. The van der Waals surface area contributed by atoms with E-state index in [1.54, 1.807) is 31.3 Å². The number of hydrogen-bond acceptors (Lipinski definition) is 7. The molecule has 1 saturated carbocycles. The number of halogens is 2. The Morgan fingerprint density at radius 3 is 2.66 bits per heavy atom. The van der Waals surface area contributed by atoms with Crippen LogP contribution < -0.4 is 14.8 Å². The Bertz CT molecular complexity index is 1070. The van der Waals surface area contributed by atoms with Crippen molar-refractivity contribution in [3.05, 3.63) is 47.3 Å². The number of rotatable bonds is 10. The van der Waals surface area contributed by atoms with Crippen molar-refractivity contribution in [1.29, 1.82) is 0 Å². The third-order valence-corrected chi connectivity index (χ3v) is 6.34. The fourth-order valence-corrected chi connectivity index (χ4v) is 4.41. The van der Waals surface area contributed by atoms with Gasteiger partial charge in [0.2, 0.25) is 5.91 Å². The number of benzene rings is 1. The number of nitrogens with one attached hydrogen (secondary N) is 1. The molecule has 4 rings (SSSR count). The average Bonchev–Trinajstić information content (AvgIpc) is 3.58. The highest BCUT2D eigenvalue weighted by Crippen LogP contribution is 2.41. The van der Waals surface area contributed by atoms with Crippen LogP contribution in [0.4, 0.5) is 8.78 Å². The first kappa shape index (κ1) is 24.7. The van der Waals surface area contributed by atoms with Gasteiger partial charge in [-0.15, -0.1) is 0 Å². The van der Waals surface area contributed by atoms with Crippen molar-refractivity contribution in [2.24, 2.45) is 11.8 Å². The fraction of sp³-hybridized carbons (Fsp3) is 0.480. The number of nitrogens with zero attached hydrogens (tertiary/aromatic N) is 1. The molecule has 1 aliphatic heterocycles. The quantitative estimate of drug-likeness (QED) is 0.502. The van der Waals surface area contributed by atoms with Gasteiger partial charge in [-0.1, -0.05) is 12.1 Å². The Labute approximate surface area is 201 Å². The Hall–Kier alpha value is -3.43. The normalized spacial score (nSPS) is 20.1. The maximum absolute atomic E-state index is 12.8. The molecule has 1 N–H and O–H groups in total. The number of carbonyl (C=O) groups is 3. The van der Waals surface area contributed by atoms with Crippen LogP contribution in [0.15, 0.2) is 41.7 Å². The smallest absolute Gasteiger partial charge is 0.387 e. The maximum Gasteiger partial charge on any atom is 0.387 e. The molecule has 188 valence electrons.